The molecule has 6 heteroatoms. The van der Waals surface area contributed by atoms with Gasteiger partial charge < -0.3 is 20.1 Å². The fourth-order valence-electron chi connectivity index (χ4n) is 3.65. The molecule has 0 bridgehead atoms. The van der Waals surface area contributed by atoms with Crippen LogP contribution in [0.3, 0.4) is 0 Å². The Balaban J connectivity index is 1.46. The number of hydrogen-bond acceptors (Lipinski definition) is 4. The maximum atomic E-state index is 12.6. The van der Waals surface area contributed by atoms with Crippen molar-refractivity contribution in [2.45, 2.75) is 0 Å². The Morgan fingerprint density at radius 1 is 0.583 bits per heavy atom. The Morgan fingerprint density at radius 2 is 0.972 bits per heavy atom. The lowest BCUT2D eigenvalue weighted by Crippen LogP contribution is -2.10. The molecule has 0 atom stereocenters. The zero-order valence-electron chi connectivity index (χ0n) is 20.0. The predicted octanol–water partition coefficient (Wildman–Crippen LogP) is 6.16. The van der Waals surface area contributed by atoms with Gasteiger partial charge in [-0.3, -0.25) is 9.59 Å². The number of nitrogens with one attached hydrogen (secondary N) is 2. The van der Waals surface area contributed by atoms with Crippen LogP contribution in [0.4, 0.5) is 11.4 Å². The van der Waals surface area contributed by atoms with Crippen LogP contribution in [-0.4, -0.2) is 26.0 Å². The molecule has 0 aromatic heterocycles. The van der Waals surface area contributed by atoms with E-state index in [1.54, 1.807) is 26.4 Å². The standard InChI is InChI=1S/C30H26N2O4/c1-35-23-15-9-21(10-16-23)13-19-29(33)31-27-7-3-6-26-25(27)5-4-8-28(26)32-30(34)20-14-22-11-17-24(36-2)18-12-22/h3-20H,1-2H3,(H,31,33)(H,32,34)/b19-13+,20-14+. The number of anilines is 2. The van der Waals surface area contributed by atoms with Crippen molar-refractivity contribution in [1.29, 1.82) is 0 Å². The van der Waals surface area contributed by atoms with Crippen LogP contribution < -0.4 is 20.1 Å². The fourth-order valence-corrected chi connectivity index (χ4v) is 3.65. The van der Waals surface area contributed by atoms with E-state index in [9.17, 15) is 9.59 Å². The Labute approximate surface area is 209 Å². The van der Waals surface area contributed by atoms with Gasteiger partial charge in [-0.15, -0.1) is 0 Å². The van der Waals surface area contributed by atoms with Gasteiger partial charge in [-0.2, -0.15) is 0 Å². The summed E-state index contributed by atoms with van der Waals surface area (Å²) < 4.78 is 10.3. The molecule has 0 spiro atoms. The van der Waals surface area contributed by atoms with Gasteiger partial charge in [0.05, 0.1) is 14.2 Å². The van der Waals surface area contributed by atoms with E-state index in [4.69, 9.17) is 9.47 Å². The summed E-state index contributed by atoms with van der Waals surface area (Å²) in [5.74, 6) is 1.00. The molecular formula is C30H26N2O4. The molecule has 0 unspecified atom stereocenters. The first-order valence-corrected chi connectivity index (χ1v) is 11.3. The molecule has 0 aliphatic heterocycles. The monoisotopic (exact) mass is 478 g/mol. The van der Waals surface area contributed by atoms with Gasteiger partial charge in [0.2, 0.25) is 11.8 Å². The van der Waals surface area contributed by atoms with E-state index in [1.165, 1.54) is 12.2 Å². The number of fused-ring (bicyclic) bond motifs is 1. The van der Waals surface area contributed by atoms with Gasteiger partial charge in [0, 0.05) is 34.3 Å². The van der Waals surface area contributed by atoms with E-state index >= 15 is 0 Å². The average Bonchev–Trinajstić information content (AvgIpc) is 2.92. The van der Waals surface area contributed by atoms with Crippen molar-refractivity contribution in [3.05, 3.63) is 108 Å². The average molecular weight is 479 g/mol. The van der Waals surface area contributed by atoms with Gasteiger partial charge >= 0.3 is 0 Å². The van der Waals surface area contributed by atoms with Crippen molar-refractivity contribution in [3.8, 4) is 11.5 Å². The molecule has 0 radical (unpaired) electrons. The van der Waals surface area contributed by atoms with Crippen LogP contribution in [0.1, 0.15) is 11.1 Å². The number of ether oxygens (including phenoxy) is 2. The molecule has 2 amide bonds. The highest BCUT2D eigenvalue weighted by molar-refractivity contribution is 6.12. The maximum Gasteiger partial charge on any atom is 0.248 e. The zero-order valence-corrected chi connectivity index (χ0v) is 20.0. The summed E-state index contributed by atoms with van der Waals surface area (Å²) >= 11 is 0. The summed E-state index contributed by atoms with van der Waals surface area (Å²) in [6.45, 7) is 0. The van der Waals surface area contributed by atoms with Crippen molar-refractivity contribution in [2.24, 2.45) is 0 Å². The van der Waals surface area contributed by atoms with E-state index in [1.807, 2.05) is 84.9 Å². The Bertz CT molecular complexity index is 1310. The first kappa shape index (κ1) is 24.3. The highest BCUT2D eigenvalue weighted by atomic mass is 16.5. The fraction of sp³-hybridized carbons (Fsp3) is 0.0667. The molecule has 6 nitrogen and oxygen atoms in total. The second-order valence-corrected chi connectivity index (χ2v) is 7.90. The predicted molar refractivity (Wildman–Crippen MR) is 145 cm³/mol. The molecule has 4 rings (SSSR count). The molecule has 0 saturated carbocycles. The topological polar surface area (TPSA) is 76.7 Å². The number of hydrogen-bond donors (Lipinski definition) is 2. The van der Waals surface area contributed by atoms with Crippen LogP contribution in [0, 0.1) is 0 Å². The van der Waals surface area contributed by atoms with Crippen LogP contribution in [0.25, 0.3) is 22.9 Å². The maximum absolute atomic E-state index is 12.6. The largest absolute Gasteiger partial charge is 0.497 e. The summed E-state index contributed by atoms with van der Waals surface area (Å²) in [4.78, 5) is 25.1. The van der Waals surface area contributed by atoms with Gasteiger partial charge in [0.1, 0.15) is 11.5 Å². The van der Waals surface area contributed by atoms with Crippen molar-refractivity contribution >= 4 is 46.1 Å². The lowest BCUT2D eigenvalue weighted by molar-refractivity contribution is -0.112. The van der Waals surface area contributed by atoms with E-state index in [-0.39, 0.29) is 11.8 Å². The molecule has 0 fully saturated rings. The highest BCUT2D eigenvalue weighted by Crippen LogP contribution is 2.29. The van der Waals surface area contributed by atoms with E-state index < -0.39 is 0 Å². The summed E-state index contributed by atoms with van der Waals surface area (Å²) in [6, 6.07) is 26.0. The van der Waals surface area contributed by atoms with E-state index in [0.29, 0.717) is 11.4 Å². The number of methoxy groups -OCH3 is 2. The lowest BCUT2D eigenvalue weighted by Gasteiger charge is -2.11. The minimum atomic E-state index is -0.254. The Morgan fingerprint density at radius 3 is 1.33 bits per heavy atom. The van der Waals surface area contributed by atoms with Crippen LogP contribution in [0.15, 0.2) is 97.1 Å². The molecule has 4 aromatic rings. The smallest absolute Gasteiger partial charge is 0.248 e. The molecule has 0 aliphatic rings. The number of carbonyl (C=O) groups is 2. The summed E-state index contributed by atoms with van der Waals surface area (Å²) in [7, 11) is 3.22. The van der Waals surface area contributed by atoms with Crippen LogP contribution in [-0.2, 0) is 9.59 Å². The minimum absolute atomic E-state index is 0.254. The van der Waals surface area contributed by atoms with Gasteiger partial charge in [-0.25, -0.2) is 0 Å². The van der Waals surface area contributed by atoms with Crippen molar-refractivity contribution in [2.75, 3.05) is 24.9 Å². The number of rotatable bonds is 8. The van der Waals surface area contributed by atoms with Gasteiger partial charge in [0.15, 0.2) is 0 Å². The second-order valence-electron chi connectivity index (χ2n) is 7.90. The number of carbonyl (C=O) groups excluding carboxylic acids is 2. The summed E-state index contributed by atoms with van der Waals surface area (Å²) in [5, 5.41) is 7.49. The summed E-state index contributed by atoms with van der Waals surface area (Å²) in [5.41, 5.74) is 3.08. The van der Waals surface area contributed by atoms with Crippen molar-refractivity contribution in [1.82, 2.24) is 0 Å². The van der Waals surface area contributed by atoms with Crippen LogP contribution in [0.5, 0.6) is 11.5 Å². The third-order valence-electron chi connectivity index (χ3n) is 5.52. The first-order chi connectivity index (χ1) is 17.6. The number of benzene rings is 4. The molecule has 0 saturated heterocycles. The molecule has 2 N–H and O–H groups in total. The van der Waals surface area contributed by atoms with E-state index in [2.05, 4.69) is 10.6 Å². The molecule has 180 valence electrons. The Hall–Kier alpha value is -4.84. The Kier molecular flexibility index (Phi) is 7.78. The van der Waals surface area contributed by atoms with Gasteiger partial charge in [-0.1, -0.05) is 48.5 Å². The zero-order chi connectivity index (χ0) is 25.3. The quantitative estimate of drug-likeness (QED) is 0.297. The second kappa shape index (κ2) is 11.5. The molecular weight excluding hydrogens is 452 g/mol. The SMILES string of the molecule is COc1ccc(/C=C/C(=O)Nc2cccc3c(NC(=O)/C=C/c4ccc(OC)cc4)cccc23)cc1. The van der Waals surface area contributed by atoms with Crippen LogP contribution >= 0.6 is 0 Å². The molecule has 36 heavy (non-hydrogen) atoms. The molecule has 0 heterocycles. The van der Waals surface area contributed by atoms with Gasteiger partial charge in [-0.05, 0) is 59.7 Å². The normalized spacial score (nSPS) is 11.1. The van der Waals surface area contributed by atoms with Crippen LogP contribution in [0.2, 0.25) is 0 Å². The van der Waals surface area contributed by atoms with E-state index in [0.717, 1.165) is 33.4 Å². The third kappa shape index (κ3) is 6.18. The van der Waals surface area contributed by atoms with Crippen molar-refractivity contribution in [3.63, 3.8) is 0 Å². The molecule has 4 aromatic carbocycles. The summed E-state index contributed by atoms with van der Waals surface area (Å²) in [6.07, 6.45) is 6.44. The minimum Gasteiger partial charge on any atom is -0.497 e. The first-order valence-electron chi connectivity index (χ1n) is 11.3. The van der Waals surface area contributed by atoms with Crippen molar-refractivity contribution < 1.29 is 19.1 Å². The number of amides is 2. The van der Waals surface area contributed by atoms with Gasteiger partial charge in [0.25, 0.3) is 0 Å². The lowest BCUT2D eigenvalue weighted by atomic mass is 10.1. The third-order valence-corrected chi connectivity index (χ3v) is 5.52. The molecule has 0 aliphatic carbocycles. The highest BCUT2D eigenvalue weighted by Gasteiger charge is 2.08.